The topological polar surface area (TPSA) is 116 Å². The lowest BCUT2D eigenvalue weighted by atomic mass is 9.95. The third kappa shape index (κ3) is 4.36. The predicted molar refractivity (Wildman–Crippen MR) is 138 cm³/mol. The van der Waals surface area contributed by atoms with E-state index in [0.29, 0.717) is 22.6 Å². The zero-order valence-corrected chi connectivity index (χ0v) is 19.5. The monoisotopic (exact) mass is 483 g/mol. The van der Waals surface area contributed by atoms with E-state index in [1.54, 1.807) is 36.4 Å². The Labute approximate surface area is 205 Å². The minimum Gasteiger partial charge on any atom is -0.397 e. The molecule has 0 atom stereocenters. The normalized spacial score (nSPS) is 13.7. The van der Waals surface area contributed by atoms with Gasteiger partial charge < -0.3 is 16.5 Å². The van der Waals surface area contributed by atoms with Gasteiger partial charge >= 0.3 is 0 Å². The summed E-state index contributed by atoms with van der Waals surface area (Å²) in [5, 5.41) is 20.7. The third-order valence-corrected chi connectivity index (χ3v) is 7.31. The minimum atomic E-state index is -0.310. The molecule has 1 heterocycles. The van der Waals surface area contributed by atoms with Crippen LogP contribution in [-0.2, 0) is 5.41 Å². The van der Waals surface area contributed by atoms with Crippen LogP contribution in [0, 0.1) is 16.6 Å². The Morgan fingerprint density at radius 2 is 1.74 bits per heavy atom. The summed E-state index contributed by atoms with van der Waals surface area (Å²) >= 11 is 1.50. The Balaban J connectivity index is 1.34. The summed E-state index contributed by atoms with van der Waals surface area (Å²) in [6, 6.07) is 18.9. The fraction of sp³-hybridized carbons (Fsp3) is 0.111. The van der Waals surface area contributed by atoms with Crippen LogP contribution in [0.25, 0.3) is 11.1 Å². The molecule has 35 heavy (non-hydrogen) atoms. The first kappa shape index (κ1) is 22.6. The van der Waals surface area contributed by atoms with E-state index >= 15 is 0 Å². The van der Waals surface area contributed by atoms with Gasteiger partial charge in [0.15, 0.2) is 0 Å². The van der Waals surface area contributed by atoms with Crippen LogP contribution in [0.2, 0.25) is 0 Å². The molecular formula is C27H22FN5OS. The van der Waals surface area contributed by atoms with Crippen molar-refractivity contribution >= 4 is 40.5 Å². The lowest BCUT2D eigenvalue weighted by Crippen LogP contribution is -2.14. The van der Waals surface area contributed by atoms with Gasteiger partial charge in [0.25, 0.3) is 5.91 Å². The molecule has 0 aliphatic heterocycles. The number of rotatable bonds is 7. The number of nitrogens with one attached hydrogen (secondary N) is 3. The number of carbonyl (C=O) groups is 1. The molecule has 0 saturated heterocycles. The van der Waals surface area contributed by atoms with Crippen molar-refractivity contribution in [2.75, 3.05) is 11.1 Å². The number of hydrogen-bond donors (Lipinski definition) is 4. The molecule has 1 amide bonds. The van der Waals surface area contributed by atoms with E-state index in [-0.39, 0.29) is 22.9 Å². The zero-order chi connectivity index (χ0) is 24.6. The third-order valence-electron chi connectivity index (χ3n) is 6.26. The van der Waals surface area contributed by atoms with Crippen molar-refractivity contribution in [3.63, 3.8) is 0 Å². The molecule has 1 fully saturated rings. The van der Waals surface area contributed by atoms with Gasteiger partial charge in [-0.3, -0.25) is 10.2 Å². The lowest BCUT2D eigenvalue weighted by molar-refractivity contribution is 0.102. The Hall–Kier alpha value is -4.17. The van der Waals surface area contributed by atoms with E-state index in [1.807, 2.05) is 23.6 Å². The van der Waals surface area contributed by atoms with Crippen LogP contribution in [0.15, 0.2) is 72.1 Å². The minimum absolute atomic E-state index is 0.0955. The highest BCUT2D eigenvalue weighted by atomic mass is 32.1. The summed E-state index contributed by atoms with van der Waals surface area (Å²) in [6.07, 6.45) is 2.90. The summed E-state index contributed by atoms with van der Waals surface area (Å²) in [5.74, 6) is -0.587. The average molecular weight is 484 g/mol. The summed E-state index contributed by atoms with van der Waals surface area (Å²) in [6.45, 7) is 0. The molecule has 5 rings (SSSR count). The van der Waals surface area contributed by atoms with Crippen LogP contribution in [0.4, 0.5) is 15.8 Å². The van der Waals surface area contributed by atoms with E-state index in [0.717, 1.165) is 40.8 Å². The molecule has 1 aromatic heterocycles. The lowest BCUT2D eigenvalue weighted by Gasteiger charge is -2.14. The standard InChI is InChI=1S/C27H22FN5OS/c28-20-8-3-16(4-9-20)18-5-10-21(30)23(13-18)32-25(34)17-1-6-19(7-2-17)27(11-12-27)26-33-24(15-35-26)22(31)14-29/h1-10,13-15,29,31H,11-12,30H2,(H,32,34). The van der Waals surface area contributed by atoms with Crippen LogP contribution in [-0.4, -0.2) is 22.8 Å². The highest BCUT2D eigenvalue weighted by Crippen LogP contribution is 2.54. The van der Waals surface area contributed by atoms with Crippen molar-refractivity contribution in [3.05, 3.63) is 99.8 Å². The molecule has 6 nitrogen and oxygen atoms in total. The van der Waals surface area contributed by atoms with Crippen molar-refractivity contribution in [1.29, 1.82) is 10.8 Å². The molecular weight excluding hydrogens is 461 g/mol. The number of nitrogens with two attached hydrogens (primary N) is 1. The molecule has 0 radical (unpaired) electrons. The molecule has 3 aromatic carbocycles. The number of hydrogen-bond acceptors (Lipinski definition) is 6. The van der Waals surface area contributed by atoms with Gasteiger partial charge in [0.2, 0.25) is 0 Å². The van der Waals surface area contributed by atoms with Crippen molar-refractivity contribution in [2.45, 2.75) is 18.3 Å². The van der Waals surface area contributed by atoms with Crippen LogP contribution in [0.1, 0.15) is 39.5 Å². The quantitative estimate of drug-likeness (QED) is 0.194. The van der Waals surface area contributed by atoms with Gasteiger partial charge in [0.05, 0.1) is 17.1 Å². The van der Waals surface area contributed by atoms with E-state index in [1.165, 1.54) is 23.5 Å². The van der Waals surface area contributed by atoms with E-state index in [9.17, 15) is 9.18 Å². The number of carbonyl (C=O) groups excluding carboxylic acids is 1. The molecule has 8 heteroatoms. The maximum atomic E-state index is 13.3. The van der Waals surface area contributed by atoms with Crippen molar-refractivity contribution in [3.8, 4) is 11.1 Å². The van der Waals surface area contributed by atoms with Gasteiger partial charge in [-0.15, -0.1) is 11.3 Å². The maximum absolute atomic E-state index is 13.3. The SMILES string of the molecule is N=CC(=N)c1csc(C2(c3ccc(C(=O)Nc4cc(-c5ccc(F)cc5)ccc4N)cc3)CC2)n1. The van der Waals surface area contributed by atoms with Gasteiger partial charge in [-0.1, -0.05) is 30.3 Å². The highest BCUT2D eigenvalue weighted by Gasteiger charge is 2.48. The molecule has 1 aliphatic rings. The second kappa shape index (κ2) is 8.88. The second-order valence-corrected chi connectivity index (χ2v) is 9.38. The molecule has 1 saturated carbocycles. The Morgan fingerprint density at radius 1 is 1.06 bits per heavy atom. The fourth-order valence-corrected chi connectivity index (χ4v) is 5.17. The number of nitrogens with zero attached hydrogens (tertiary/aromatic N) is 1. The van der Waals surface area contributed by atoms with E-state index in [2.05, 4.69) is 10.3 Å². The Morgan fingerprint density at radius 3 is 2.40 bits per heavy atom. The predicted octanol–water partition coefficient (Wildman–Crippen LogP) is 5.88. The van der Waals surface area contributed by atoms with Gasteiger partial charge in [-0.05, 0) is 65.9 Å². The summed E-state index contributed by atoms with van der Waals surface area (Å²) in [7, 11) is 0. The smallest absolute Gasteiger partial charge is 0.255 e. The number of thiazole rings is 1. The average Bonchev–Trinajstić information content (AvgIpc) is 3.54. The Kier molecular flexibility index (Phi) is 5.74. The van der Waals surface area contributed by atoms with Crippen molar-refractivity contribution < 1.29 is 9.18 Å². The van der Waals surface area contributed by atoms with E-state index < -0.39 is 0 Å². The number of benzene rings is 3. The highest BCUT2D eigenvalue weighted by molar-refractivity contribution is 7.10. The summed E-state index contributed by atoms with van der Waals surface area (Å²) in [4.78, 5) is 17.5. The molecule has 5 N–H and O–H groups in total. The van der Waals surface area contributed by atoms with Crippen LogP contribution < -0.4 is 11.1 Å². The summed E-state index contributed by atoms with van der Waals surface area (Å²) < 4.78 is 13.3. The van der Waals surface area contributed by atoms with Gasteiger partial charge in [-0.2, -0.15) is 0 Å². The molecule has 0 unspecified atom stereocenters. The second-order valence-electron chi connectivity index (χ2n) is 8.52. The van der Waals surface area contributed by atoms with Gasteiger partial charge in [-0.25, -0.2) is 9.37 Å². The Bertz CT molecular complexity index is 1440. The van der Waals surface area contributed by atoms with Crippen molar-refractivity contribution in [2.24, 2.45) is 0 Å². The van der Waals surface area contributed by atoms with Gasteiger partial charge in [0.1, 0.15) is 16.5 Å². The number of anilines is 2. The summed E-state index contributed by atoms with van der Waals surface area (Å²) in [5.41, 5.74) is 10.7. The van der Waals surface area contributed by atoms with Crippen molar-refractivity contribution in [1.82, 2.24) is 4.98 Å². The first-order chi connectivity index (χ1) is 16.9. The first-order valence-corrected chi connectivity index (χ1v) is 11.9. The molecule has 0 spiro atoms. The largest absolute Gasteiger partial charge is 0.397 e. The maximum Gasteiger partial charge on any atom is 0.255 e. The molecule has 4 aromatic rings. The molecule has 0 bridgehead atoms. The van der Waals surface area contributed by atoms with Crippen LogP contribution in [0.3, 0.4) is 0 Å². The number of amides is 1. The zero-order valence-electron chi connectivity index (χ0n) is 18.6. The molecule has 174 valence electrons. The van der Waals surface area contributed by atoms with Crippen LogP contribution >= 0.6 is 11.3 Å². The molecule has 1 aliphatic carbocycles. The fourth-order valence-electron chi connectivity index (χ4n) is 4.06. The first-order valence-electron chi connectivity index (χ1n) is 11.0. The number of aromatic nitrogens is 1. The number of nitrogen functional groups attached to an aromatic ring is 1. The number of halogens is 1. The van der Waals surface area contributed by atoms with E-state index in [4.69, 9.17) is 16.6 Å². The van der Waals surface area contributed by atoms with Gasteiger partial charge in [0, 0.05) is 22.6 Å². The van der Waals surface area contributed by atoms with Crippen LogP contribution in [0.5, 0.6) is 0 Å².